The number of hydrogen-bond acceptors (Lipinski definition) is 4. The Labute approximate surface area is 181 Å². The van der Waals surface area contributed by atoms with Crippen LogP contribution in [-0.2, 0) is 18.9 Å². The number of epoxide rings is 4. The van der Waals surface area contributed by atoms with Crippen molar-refractivity contribution in [2.24, 2.45) is 23.7 Å². The van der Waals surface area contributed by atoms with Crippen LogP contribution < -0.4 is 0 Å². The molecule has 12 atom stereocenters. The fraction of sp³-hybridized carbons (Fsp3) is 1.00. The average Bonchev–Trinajstić information content (AvgIpc) is 3.58. The van der Waals surface area contributed by atoms with Gasteiger partial charge in [0.15, 0.2) is 0 Å². The number of ether oxygens (including phenoxy) is 4. The summed E-state index contributed by atoms with van der Waals surface area (Å²) in [6.45, 7) is 0. The van der Waals surface area contributed by atoms with E-state index in [0.717, 1.165) is 23.7 Å². The smallest absolute Gasteiger partial charge is 0.0870 e. The van der Waals surface area contributed by atoms with E-state index in [2.05, 4.69) is 0 Å². The van der Waals surface area contributed by atoms with Gasteiger partial charge in [-0.25, -0.2) is 0 Å². The van der Waals surface area contributed by atoms with E-state index in [1.54, 1.807) is 0 Å². The second-order valence-electron chi connectivity index (χ2n) is 11.9. The van der Waals surface area contributed by atoms with E-state index in [1.165, 1.54) is 89.9 Å². The fourth-order valence-corrected chi connectivity index (χ4v) is 7.92. The molecule has 4 nitrogen and oxygen atoms in total. The van der Waals surface area contributed by atoms with Gasteiger partial charge in [0.25, 0.3) is 0 Å². The van der Waals surface area contributed by atoms with Crippen LogP contribution in [0, 0.1) is 23.7 Å². The van der Waals surface area contributed by atoms with Gasteiger partial charge in [-0.15, -0.1) is 0 Å². The first kappa shape index (κ1) is 19.3. The van der Waals surface area contributed by atoms with Crippen LogP contribution in [0.1, 0.15) is 89.9 Å². The summed E-state index contributed by atoms with van der Waals surface area (Å²) >= 11 is 0. The monoisotopic (exact) mass is 416 g/mol. The van der Waals surface area contributed by atoms with Gasteiger partial charge in [0.1, 0.15) is 0 Å². The fourth-order valence-electron chi connectivity index (χ4n) is 7.92. The van der Waals surface area contributed by atoms with Crippen LogP contribution in [0.25, 0.3) is 0 Å². The van der Waals surface area contributed by atoms with Gasteiger partial charge in [0.05, 0.1) is 48.8 Å². The van der Waals surface area contributed by atoms with Crippen molar-refractivity contribution in [2.45, 2.75) is 139 Å². The summed E-state index contributed by atoms with van der Waals surface area (Å²) in [6.07, 6.45) is 24.6. The Morgan fingerprint density at radius 2 is 0.967 bits per heavy atom. The third-order valence-corrected chi connectivity index (χ3v) is 9.80. The molecule has 30 heavy (non-hydrogen) atoms. The van der Waals surface area contributed by atoms with Crippen molar-refractivity contribution in [3.8, 4) is 0 Å². The van der Waals surface area contributed by atoms with Gasteiger partial charge in [-0.2, -0.15) is 0 Å². The molecule has 4 aliphatic carbocycles. The molecule has 0 aromatic heterocycles. The Kier molecular flexibility index (Phi) is 4.97. The maximum Gasteiger partial charge on any atom is 0.0870 e. The van der Waals surface area contributed by atoms with Gasteiger partial charge in [-0.1, -0.05) is 19.3 Å². The largest absolute Gasteiger partial charge is 0.370 e. The van der Waals surface area contributed by atoms with Crippen LogP contribution >= 0.6 is 0 Å². The molecule has 4 aliphatic heterocycles. The molecular formula is C26H40O4. The van der Waals surface area contributed by atoms with E-state index < -0.39 is 0 Å². The molecule has 0 spiro atoms. The molecule has 12 unspecified atom stereocenters. The Balaban J connectivity index is 0.000000108. The molecule has 4 saturated heterocycles. The van der Waals surface area contributed by atoms with Gasteiger partial charge in [-0.3, -0.25) is 0 Å². The second-order valence-corrected chi connectivity index (χ2v) is 11.9. The van der Waals surface area contributed by atoms with Crippen LogP contribution in [0.5, 0.6) is 0 Å². The highest BCUT2D eigenvalue weighted by Crippen LogP contribution is 2.49. The lowest BCUT2D eigenvalue weighted by molar-refractivity contribution is 0.229. The number of rotatable bonds is 4. The van der Waals surface area contributed by atoms with E-state index in [-0.39, 0.29) is 0 Å². The van der Waals surface area contributed by atoms with Gasteiger partial charge in [0, 0.05) is 0 Å². The van der Waals surface area contributed by atoms with Crippen LogP contribution in [-0.4, -0.2) is 48.8 Å². The molecule has 8 fully saturated rings. The first-order chi connectivity index (χ1) is 14.8. The molecular weight excluding hydrogens is 376 g/mol. The lowest BCUT2D eigenvalue weighted by Crippen LogP contribution is -2.24. The molecule has 0 aromatic rings. The van der Waals surface area contributed by atoms with Crippen LogP contribution in [0.15, 0.2) is 0 Å². The molecule has 8 aliphatic rings. The summed E-state index contributed by atoms with van der Waals surface area (Å²) in [5, 5.41) is 0. The van der Waals surface area contributed by atoms with Crippen molar-refractivity contribution in [3.05, 3.63) is 0 Å². The molecule has 0 N–H and O–H groups in total. The normalized spacial score (nSPS) is 56.8. The van der Waals surface area contributed by atoms with Crippen molar-refractivity contribution in [2.75, 3.05) is 0 Å². The Morgan fingerprint density at radius 3 is 1.50 bits per heavy atom. The lowest BCUT2D eigenvalue weighted by Gasteiger charge is -2.25. The molecule has 8 rings (SSSR count). The first-order valence-electron chi connectivity index (χ1n) is 13.4. The summed E-state index contributed by atoms with van der Waals surface area (Å²) in [7, 11) is 0. The SMILES string of the molecule is C1CC(CC2CCC3OC3C2)C2OC2C1.C1CC(CC2CCCC3OC23)C2OC2C1. The van der Waals surface area contributed by atoms with Crippen LogP contribution in [0.4, 0.5) is 0 Å². The van der Waals surface area contributed by atoms with E-state index in [9.17, 15) is 0 Å². The first-order valence-corrected chi connectivity index (χ1v) is 13.4. The molecule has 0 radical (unpaired) electrons. The van der Waals surface area contributed by atoms with Crippen LogP contribution in [0.3, 0.4) is 0 Å². The van der Waals surface area contributed by atoms with Crippen molar-refractivity contribution in [1.82, 2.24) is 0 Å². The number of fused-ring (bicyclic) bond motifs is 4. The summed E-state index contributed by atoms with van der Waals surface area (Å²) in [4.78, 5) is 0. The molecule has 168 valence electrons. The zero-order valence-electron chi connectivity index (χ0n) is 18.5. The van der Waals surface area contributed by atoms with E-state index in [0.29, 0.717) is 48.8 Å². The minimum atomic E-state index is 0.651. The zero-order valence-corrected chi connectivity index (χ0v) is 18.5. The summed E-state index contributed by atoms with van der Waals surface area (Å²) in [6, 6.07) is 0. The summed E-state index contributed by atoms with van der Waals surface area (Å²) < 4.78 is 22.8. The molecule has 4 heteroatoms. The van der Waals surface area contributed by atoms with E-state index in [4.69, 9.17) is 18.9 Å². The topological polar surface area (TPSA) is 50.1 Å². The van der Waals surface area contributed by atoms with Gasteiger partial charge >= 0.3 is 0 Å². The highest BCUT2D eigenvalue weighted by atomic mass is 16.6. The molecule has 0 aromatic carbocycles. The zero-order chi connectivity index (χ0) is 19.7. The highest BCUT2D eigenvalue weighted by molar-refractivity contribution is 5.00. The highest BCUT2D eigenvalue weighted by Gasteiger charge is 2.52. The summed E-state index contributed by atoms with van der Waals surface area (Å²) in [5.74, 6) is 3.58. The predicted molar refractivity (Wildman–Crippen MR) is 113 cm³/mol. The third-order valence-electron chi connectivity index (χ3n) is 9.80. The van der Waals surface area contributed by atoms with Crippen molar-refractivity contribution in [3.63, 3.8) is 0 Å². The Bertz CT molecular complexity index is 613. The van der Waals surface area contributed by atoms with E-state index in [1.807, 2.05) is 0 Å². The Morgan fingerprint density at radius 1 is 0.433 bits per heavy atom. The summed E-state index contributed by atoms with van der Waals surface area (Å²) in [5.41, 5.74) is 0. The molecule has 0 bridgehead atoms. The maximum absolute atomic E-state index is 5.74. The quantitative estimate of drug-likeness (QED) is 0.604. The average molecular weight is 417 g/mol. The minimum absolute atomic E-state index is 0.651. The molecule has 4 heterocycles. The second kappa shape index (κ2) is 7.71. The van der Waals surface area contributed by atoms with Gasteiger partial charge in [0.2, 0.25) is 0 Å². The molecule has 0 amide bonds. The number of hydrogen-bond donors (Lipinski definition) is 0. The lowest BCUT2D eigenvalue weighted by atomic mass is 9.77. The molecule has 4 saturated carbocycles. The predicted octanol–water partition coefficient (Wildman–Crippen LogP) is 5.02. The van der Waals surface area contributed by atoms with E-state index >= 15 is 0 Å². The third kappa shape index (κ3) is 4.00. The Hall–Kier alpha value is -0.160. The maximum atomic E-state index is 5.74. The van der Waals surface area contributed by atoms with Crippen molar-refractivity contribution >= 4 is 0 Å². The van der Waals surface area contributed by atoms with Crippen molar-refractivity contribution in [1.29, 1.82) is 0 Å². The van der Waals surface area contributed by atoms with Crippen LogP contribution in [0.2, 0.25) is 0 Å². The standard InChI is InChI=1S/2C13H20O2/c1-3-8(12-10(5-1)14-12)7-9-4-2-6-11-13(9)15-11;1-2-9(13-11(3-1)15-13)6-8-4-5-10-12(7-8)14-10/h2*8-13H,1-7H2. The van der Waals surface area contributed by atoms with Gasteiger partial charge < -0.3 is 18.9 Å². The van der Waals surface area contributed by atoms with Crippen molar-refractivity contribution < 1.29 is 18.9 Å². The van der Waals surface area contributed by atoms with Gasteiger partial charge in [-0.05, 0) is 94.3 Å². The minimum Gasteiger partial charge on any atom is -0.370 e.